The van der Waals surface area contributed by atoms with E-state index in [1.54, 1.807) is 0 Å². The van der Waals surface area contributed by atoms with E-state index >= 15 is 0 Å². The fourth-order valence-electron chi connectivity index (χ4n) is 1.34. The van der Waals surface area contributed by atoms with Crippen molar-refractivity contribution >= 4 is 37.2 Å². The standard InChI is InChI=1S/C14H26O5S2/c1-13(2,20)9-11(15)18-7-5-17-6-8-19-12(16)10-14(3,4)21/h20-21H,5-10H2,1-4H3. The average Bonchev–Trinajstić information content (AvgIpc) is 2.22. The van der Waals surface area contributed by atoms with Crippen LogP contribution in [-0.4, -0.2) is 47.9 Å². The van der Waals surface area contributed by atoms with E-state index < -0.39 is 0 Å². The van der Waals surface area contributed by atoms with Crippen LogP contribution in [0.5, 0.6) is 0 Å². The molecule has 0 heterocycles. The van der Waals surface area contributed by atoms with Gasteiger partial charge < -0.3 is 14.2 Å². The van der Waals surface area contributed by atoms with E-state index in [2.05, 4.69) is 25.3 Å². The second kappa shape index (κ2) is 9.58. The minimum absolute atomic E-state index is 0.181. The summed E-state index contributed by atoms with van der Waals surface area (Å²) in [4.78, 5) is 22.7. The molecule has 0 bridgehead atoms. The molecule has 124 valence electrons. The Bertz CT molecular complexity index is 299. The van der Waals surface area contributed by atoms with Crippen molar-refractivity contribution in [2.45, 2.75) is 50.0 Å². The summed E-state index contributed by atoms with van der Waals surface area (Å²) in [6.07, 6.45) is 0.487. The Hall–Kier alpha value is -0.400. The van der Waals surface area contributed by atoms with Crippen LogP contribution >= 0.6 is 25.3 Å². The van der Waals surface area contributed by atoms with Gasteiger partial charge in [-0.1, -0.05) is 27.7 Å². The van der Waals surface area contributed by atoms with Gasteiger partial charge in [0.05, 0.1) is 26.1 Å². The fraction of sp³-hybridized carbons (Fsp3) is 0.857. The molecule has 0 atom stereocenters. The van der Waals surface area contributed by atoms with Crippen LogP contribution in [0, 0.1) is 0 Å². The normalized spacial score (nSPS) is 12.1. The van der Waals surface area contributed by atoms with Crippen LogP contribution < -0.4 is 0 Å². The molecule has 21 heavy (non-hydrogen) atoms. The van der Waals surface area contributed by atoms with Crippen LogP contribution in [0.3, 0.4) is 0 Å². The van der Waals surface area contributed by atoms with Crippen LogP contribution in [0.2, 0.25) is 0 Å². The van der Waals surface area contributed by atoms with E-state index in [1.165, 1.54) is 0 Å². The van der Waals surface area contributed by atoms with E-state index in [0.717, 1.165) is 0 Å². The number of carbonyl (C=O) groups is 2. The van der Waals surface area contributed by atoms with Gasteiger partial charge in [0.2, 0.25) is 0 Å². The maximum absolute atomic E-state index is 11.4. The Labute approximate surface area is 137 Å². The zero-order valence-corrected chi connectivity index (χ0v) is 15.0. The molecule has 0 saturated carbocycles. The molecular formula is C14H26O5S2. The minimum Gasteiger partial charge on any atom is -0.463 e. The minimum atomic E-state index is -0.382. The summed E-state index contributed by atoms with van der Waals surface area (Å²) < 4.78 is 14.4. The average molecular weight is 338 g/mol. The number of ether oxygens (including phenoxy) is 3. The second-order valence-corrected chi connectivity index (χ2v) is 8.45. The summed E-state index contributed by atoms with van der Waals surface area (Å²) in [6, 6.07) is 0. The van der Waals surface area contributed by atoms with Crippen molar-refractivity contribution in [2.24, 2.45) is 0 Å². The van der Waals surface area contributed by atoms with Gasteiger partial charge >= 0.3 is 11.9 Å². The highest BCUT2D eigenvalue weighted by Gasteiger charge is 2.18. The van der Waals surface area contributed by atoms with Crippen LogP contribution in [0.15, 0.2) is 0 Å². The molecule has 0 fully saturated rings. The molecule has 0 N–H and O–H groups in total. The molecule has 0 rings (SSSR count). The fourth-order valence-corrected chi connectivity index (χ4v) is 1.60. The third-order valence-corrected chi connectivity index (χ3v) is 2.45. The number of carbonyl (C=O) groups excluding carboxylic acids is 2. The lowest BCUT2D eigenvalue weighted by Crippen LogP contribution is -2.21. The van der Waals surface area contributed by atoms with Gasteiger partial charge in [0, 0.05) is 9.49 Å². The molecular weight excluding hydrogens is 312 g/mol. The monoisotopic (exact) mass is 338 g/mol. The molecule has 5 nitrogen and oxygen atoms in total. The zero-order chi connectivity index (χ0) is 16.5. The molecule has 0 aliphatic rings. The molecule has 0 aromatic heterocycles. The Balaban J connectivity index is 3.49. The third-order valence-electron chi connectivity index (χ3n) is 2.14. The maximum atomic E-state index is 11.4. The lowest BCUT2D eigenvalue weighted by molar-refractivity contribution is -0.147. The predicted octanol–water partition coefficient (Wildman–Crippen LogP) is 2.29. The number of hydrogen-bond donors (Lipinski definition) is 2. The summed E-state index contributed by atoms with van der Waals surface area (Å²) in [5.74, 6) is -0.609. The van der Waals surface area contributed by atoms with E-state index in [4.69, 9.17) is 14.2 Å². The number of thiol groups is 2. The summed E-state index contributed by atoms with van der Waals surface area (Å²) in [5.41, 5.74) is 0. The maximum Gasteiger partial charge on any atom is 0.307 e. The first-order valence-electron chi connectivity index (χ1n) is 6.83. The first-order valence-corrected chi connectivity index (χ1v) is 7.73. The van der Waals surface area contributed by atoms with E-state index in [1.807, 2.05) is 27.7 Å². The Morgan fingerprint density at radius 1 is 0.762 bits per heavy atom. The quantitative estimate of drug-likeness (QED) is 0.363. The first kappa shape index (κ1) is 20.6. The topological polar surface area (TPSA) is 61.8 Å². The van der Waals surface area contributed by atoms with Gasteiger partial charge in [0.15, 0.2) is 0 Å². The van der Waals surface area contributed by atoms with Crippen molar-refractivity contribution in [3.05, 3.63) is 0 Å². The Morgan fingerprint density at radius 2 is 1.10 bits per heavy atom. The molecule has 0 unspecified atom stereocenters. The summed E-state index contributed by atoms with van der Waals surface area (Å²) in [7, 11) is 0. The van der Waals surface area contributed by atoms with Crippen LogP contribution in [-0.2, 0) is 23.8 Å². The lowest BCUT2D eigenvalue weighted by atomic mass is 10.1. The highest BCUT2D eigenvalue weighted by molar-refractivity contribution is 7.82. The van der Waals surface area contributed by atoms with Gasteiger partial charge in [-0.15, -0.1) is 0 Å². The first-order chi connectivity index (χ1) is 9.49. The molecule has 0 aliphatic carbocycles. The van der Waals surface area contributed by atoms with Crippen LogP contribution in [0.1, 0.15) is 40.5 Å². The molecule has 0 aliphatic heterocycles. The smallest absolute Gasteiger partial charge is 0.307 e. The van der Waals surface area contributed by atoms with Gasteiger partial charge in [0.1, 0.15) is 13.2 Å². The number of hydrogen-bond acceptors (Lipinski definition) is 7. The zero-order valence-electron chi connectivity index (χ0n) is 13.2. The van der Waals surface area contributed by atoms with Crippen molar-refractivity contribution in [1.82, 2.24) is 0 Å². The summed E-state index contributed by atoms with van der Waals surface area (Å²) >= 11 is 8.50. The van der Waals surface area contributed by atoms with Gasteiger partial charge in [-0.2, -0.15) is 25.3 Å². The summed E-state index contributed by atoms with van der Waals surface area (Å²) in [5, 5.41) is 0. The molecule has 0 amide bonds. The van der Waals surface area contributed by atoms with Gasteiger partial charge in [-0.25, -0.2) is 0 Å². The molecule has 0 aromatic rings. The van der Waals surface area contributed by atoms with Crippen LogP contribution in [0.25, 0.3) is 0 Å². The van der Waals surface area contributed by atoms with E-state index in [-0.39, 0.29) is 60.7 Å². The molecule has 0 saturated heterocycles. The van der Waals surface area contributed by atoms with E-state index in [0.29, 0.717) is 0 Å². The number of esters is 2. The Kier molecular flexibility index (Phi) is 9.40. The molecule has 0 aromatic carbocycles. The lowest BCUT2D eigenvalue weighted by Gasteiger charge is -2.16. The highest BCUT2D eigenvalue weighted by atomic mass is 32.1. The van der Waals surface area contributed by atoms with Crippen LogP contribution in [0.4, 0.5) is 0 Å². The Morgan fingerprint density at radius 3 is 1.38 bits per heavy atom. The van der Waals surface area contributed by atoms with Crippen molar-refractivity contribution in [2.75, 3.05) is 26.4 Å². The summed E-state index contributed by atoms with van der Waals surface area (Å²) in [6.45, 7) is 8.27. The second-order valence-electron chi connectivity index (χ2n) is 6.03. The van der Waals surface area contributed by atoms with Gasteiger partial charge in [-0.3, -0.25) is 9.59 Å². The molecule has 0 radical (unpaired) electrons. The van der Waals surface area contributed by atoms with Crippen molar-refractivity contribution in [3.8, 4) is 0 Å². The molecule has 0 spiro atoms. The third kappa shape index (κ3) is 15.8. The van der Waals surface area contributed by atoms with Crippen molar-refractivity contribution in [1.29, 1.82) is 0 Å². The SMILES string of the molecule is CC(C)(S)CC(=O)OCCOCCOC(=O)CC(C)(C)S. The largest absolute Gasteiger partial charge is 0.463 e. The highest BCUT2D eigenvalue weighted by Crippen LogP contribution is 2.17. The predicted molar refractivity (Wildman–Crippen MR) is 88.1 cm³/mol. The van der Waals surface area contributed by atoms with Gasteiger partial charge in [-0.05, 0) is 0 Å². The molecule has 7 heteroatoms. The van der Waals surface area contributed by atoms with Crippen molar-refractivity contribution < 1.29 is 23.8 Å². The number of rotatable bonds is 10. The van der Waals surface area contributed by atoms with Gasteiger partial charge in [0.25, 0.3) is 0 Å². The van der Waals surface area contributed by atoms with E-state index in [9.17, 15) is 9.59 Å². The van der Waals surface area contributed by atoms with Crippen molar-refractivity contribution in [3.63, 3.8) is 0 Å².